The minimum atomic E-state index is 0.170. The Labute approximate surface area is 270 Å². The standard InChI is InChI=1S/C36H71N5O3/c1-26(9-4-18-41-19-5-14-37)29-10-11-30-34-31(25-33(36(29,30)3)44-22-8-17-40)35(2)13-12-28(42-20-6-15-38)23-27(35)24-32(34)43-21-7-16-39/h26-34,41H,4-25,37-40H2,1-3H3/t26-,27?,28-,29-,30+,31+,32-,33+,34?,35?,36-/m1/s1. The number of ether oxygens (including phenoxy) is 3. The fraction of sp³-hybridized carbons (Fsp3) is 1.00. The Morgan fingerprint density at radius 2 is 1.39 bits per heavy atom. The normalized spacial score (nSPS) is 39.1. The van der Waals surface area contributed by atoms with Crippen LogP contribution in [0, 0.1) is 46.3 Å². The molecule has 0 bridgehead atoms. The van der Waals surface area contributed by atoms with Gasteiger partial charge in [-0.15, -0.1) is 0 Å². The van der Waals surface area contributed by atoms with Gasteiger partial charge in [-0.05, 0) is 164 Å². The quantitative estimate of drug-likeness (QED) is 0.126. The molecule has 0 saturated heterocycles. The molecular weight excluding hydrogens is 550 g/mol. The SMILES string of the molecule is C[C@H](CCCNCCCN)[C@H]1CC[C@H]2C3[C@H](OCCCN)CC4C[C@H](OCCCN)CCC4(C)[C@H]3C[C@H](OCCCN)[C@]12C. The van der Waals surface area contributed by atoms with E-state index in [4.69, 9.17) is 37.1 Å². The summed E-state index contributed by atoms with van der Waals surface area (Å²) >= 11 is 0. The smallest absolute Gasteiger partial charge is 0.0637 e. The molecule has 4 aliphatic carbocycles. The summed E-state index contributed by atoms with van der Waals surface area (Å²) in [5.41, 5.74) is 23.9. The first-order valence-electron chi connectivity index (χ1n) is 18.7. The van der Waals surface area contributed by atoms with E-state index < -0.39 is 0 Å². The summed E-state index contributed by atoms with van der Waals surface area (Å²) in [6.07, 6.45) is 15.8. The molecule has 8 nitrogen and oxygen atoms in total. The van der Waals surface area contributed by atoms with E-state index in [1.165, 1.54) is 44.9 Å². The summed E-state index contributed by atoms with van der Waals surface area (Å²) in [6, 6.07) is 0. The van der Waals surface area contributed by atoms with E-state index >= 15 is 0 Å². The molecule has 0 aromatic heterocycles. The van der Waals surface area contributed by atoms with E-state index in [9.17, 15) is 0 Å². The van der Waals surface area contributed by atoms with Crippen LogP contribution < -0.4 is 28.3 Å². The zero-order valence-electron chi connectivity index (χ0n) is 28.8. The molecule has 3 unspecified atom stereocenters. The Hall–Kier alpha value is -0.320. The van der Waals surface area contributed by atoms with Gasteiger partial charge in [-0.25, -0.2) is 0 Å². The van der Waals surface area contributed by atoms with Crippen molar-refractivity contribution >= 4 is 0 Å². The molecule has 4 aliphatic rings. The topological polar surface area (TPSA) is 144 Å². The molecule has 0 spiro atoms. The molecule has 44 heavy (non-hydrogen) atoms. The van der Waals surface area contributed by atoms with Crippen LogP contribution in [0.1, 0.15) is 104 Å². The van der Waals surface area contributed by atoms with Crippen LogP contribution in [0.4, 0.5) is 0 Å². The summed E-state index contributed by atoms with van der Waals surface area (Å²) < 4.78 is 20.3. The third kappa shape index (κ3) is 8.21. The zero-order valence-corrected chi connectivity index (χ0v) is 28.8. The third-order valence-electron chi connectivity index (χ3n) is 13.1. The molecule has 4 rings (SSSR count). The fourth-order valence-corrected chi connectivity index (χ4v) is 10.7. The summed E-state index contributed by atoms with van der Waals surface area (Å²) in [6.45, 7) is 15.1. The molecule has 0 aromatic carbocycles. The van der Waals surface area contributed by atoms with Gasteiger partial charge in [0.25, 0.3) is 0 Å². The Morgan fingerprint density at radius 1 is 0.727 bits per heavy atom. The highest BCUT2D eigenvalue weighted by Gasteiger charge is 2.66. The number of rotatable bonds is 20. The van der Waals surface area contributed by atoms with E-state index in [2.05, 4.69) is 26.1 Å². The Balaban J connectivity index is 1.57. The van der Waals surface area contributed by atoms with Crippen molar-refractivity contribution in [1.29, 1.82) is 0 Å². The first-order valence-corrected chi connectivity index (χ1v) is 18.7. The van der Waals surface area contributed by atoms with Gasteiger partial charge >= 0.3 is 0 Å². The van der Waals surface area contributed by atoms with E-state index in [1.807, 2.05) is 0 Å². The van der Waals surface area contributed by atoms with Crippen LogP contribution in [0.3, 0.4) is 0 Å². The maximum atomic E-state index is 6.99. The second-order valence-corrected chi connectivity index (χ2v) is 15.5. The lowest BCUT2D eigenvalue weighted by atomic mass is 9.43. The number of nitrogens with one attached hydrogen (secondary N) is 1. The molecule has 4 saturated carbocycles. The summed E-state index contributed by atoms with van der Waals surface area (Å²) in [5.74, 6) is 3.85. The minimum absolute atomic E-state index is 0.170. The molecule has 258 valence electrons. The monoisotopic (exact) mass is 622 g/mol. The van der Waals surface area contributed by atoms with Crippen molar-refractivity contribution in [2.75, 3.05) is 59.1 Å². The van der Waals surface area contributed by atoms with Crippen molar-refractivity contribution in [2.24, 2.45) is 69.3 Å². The molecule has 0 aliphatic heterocycles. The number of fused-ring (bicyclic) bond motifs is 5. The van der Waals surface area contributed by atoms with E-state index in [0.29, 0.717) is 72.8 Å². The van der Waals surface area contributed by atoms with Crippen LogP contribution in [0.5, 0.6) is 0 Å². The van der Waals surface area contributed by atoms with Crippen molar-refractivity contribution in [1.82, 2.24) is 5.32 Å². The Bertz CT molecular complexity index is 821. The molecular formula is C36H71N5O3. The van der Waals surface area contributed by atoms with Crippen LogP contribution in [0.2, 0.25) is 0 Å². The van der Waals surface area contributed by atoms with E-state index in [0.717, 1.165) is 78.0 Å². The van der Waals surface area contributed by atoms with Gasteiger partial charge < -0.3 is 42.5 Å². The zero-order chi connectivity index (χ0) is 31.6. The van der Waals surface area contributed by atoms with Gasteiger partial charge in [0.05, 0.1) is 18.3 Å². The van der Waals surface area contributed by atoms with Crippen LogP contribution in [-0.2, 0) is 14.2 Å². The minimum Gasteiger partial charge on any atom is -0.378 e. The van der Waals surface area contributed by atoms with Crippen molar-refractivity contribution in [2.45, 2.75) is 123 Å². The van der Waals surface area contributed by atoms with Gasteiger partial charge in [0, 0.05) is 25.2 Å². The van der Waals surface area contributed by atoms with Gasteiger partial charge in [-0.2, -0.15) is 0 Å². The first-order chi connectivity index (χ1) is 21.3. The van der Waals surface area contributed by atoms with E-state index in [1.54, 1.807) is 0 Å². The van der Waals surface area contributed by atoms with Crippen molar-refractivity contribution in [3.8, 4) is 0 Å². The lowest BCUT2D eigenvalue weighted by molar-refractivity contribution is -0.227. The molecule has 0 heterocycles. The molecule has 9 N–H and O–H groups in total. The number of hydrogen-bond acceptors (Lipinski definition) is 8. The van der Waals surface area contributed by atoms with Crippen LogP contribution in [0.15, 0.2) is 0 Å². The van der Waals surface area contributed by atoms with Gasteiger partial charge in [-0.3, -0.25) is 0 Å². The predicted octanol–water partition coefficient (Wildman–Crippen LogP) is 4.42. The average molecular weight is 622 g/mol. The third-order valence-corrected chi connectivity index (χ3v) is 13.1. The molecule has 8 heteroatoms. The fourth-order valence-electron chi connectivity index (χ4n) is 10.7. The van der Waals surface area contributed by atoms with Crippen molar-refractivity contribution in [3.63, 3.8) is 0 Å². The van der Waals surface area contributed by atoms with Crippen LogP contribution in [-0.4, -0.2) is 77.4 Å². The number of hydrogen-bond donors (Lipinski definition) is 5. The second kappa shape index (κ2) is 17.7. The second-order valence-electron chi connectivity index (χ2n) is 15.5. The lowest BCUT2D eigenvalue weighted by Crippen LogP contribution is -2.63. The maximum Gasteiger partial charge on any atom is 0.0637 e. The van der Waals surface area contributed by atoms with E-state index in [-0.39, 0.29) is 11.5 Å². The summed E-state index contributed by atoms with van der Waals surface area (Å²) in [5, 5.41) is 3.60. The molecule has 0 aromatic rings. The van der Waals surface area contributed by atoms with Crippen molar-refractivity contribution < 1.29 is 14.2 Å². The van der Waals surface area contributed by atoms with Crippen LogP contribution >= 0.6 is 0 Å². The predicted molar refractivity (Wildman–Crippen MR) is 181 cm³/mol. The number of nitrogens with two attached hydrogens (primary N) is 4. The highest BCUT2D eigenvalue weighted by molar-refractivity contribution is 5.15. The van der Waals surface area contributed by atoms with Gasteiger partial charge in [0.2, 0.25) is 0 Å². The molecule has 4 fully saturated rings. The van der Waals surface area contributed by atoms with Gasteiger partial charge in [-0.1, -0.05) is 20.8 Å². The summed E-state index contributed by atoms with van der Waals surface area (Å²) in [7, 11) is 0. The van der Waals surface area contributed by atoms with Gasteiger partial charge in [0.1, 0.15) is 0 Å². The highest BCUT2D eigenvalue weighted by Crippen LogP contribution is 2.69. The Kier molecular flexibility index (Phi) is 14.7. The largest absolute Gasteiger partial charge is 0.378 e. The first kappa shape index (κ1) is 36.5. The van der Waals surface area contributed by atoms with Gasteiger partial charge in [0.15, 0.2) is 0 Å². The Morgan fingerprint density at radius 3 is 2.09 bits per heavy atom. The highest BCUT2D eigenvalue weighted by atomic mass is 16.5. The maximum absolute atomic E-state index is 6.99. The molecule has 0 amide bonds. The molecule has 11 atom stereocenters. The summed E-state index contributed by atoms with van der Waals surface area (Å²) in [4.78, 5) is 0. The van der Waals surface area contributed by atoms with Crippen LogP contribution in [0.25, 0.3) is 0 Å². The molecule has 0 radical (unpaired) electrons. The average Bonchev–Trinajstić information content (AvgIpc) is 3.38. The lowest BCUT2D eigenvalue weighted by Gasteiger charge is -2.65. The van der Waals surface area contributed by atoms with Crippen molar-refractivity contribution in [3.05, 3.63) is 0 Å².